The van der Waals surface area contributed by atoms with E-state index in [0.29, 0.717) is 5.69 Å². The first-order chi connectivity index (χ1) is 11.9. The number of pyridine rings is 4. The van der Waals surface area contributed by atoms with Gasteiger partial charge in [0, 0.05) is 57.5 Å². The Hall–Kier alpha value is -2.30. The summed E-state index contributed by atoms with van der Waals surface area (Å²) in [5.41, 5.74) is 5.58. The van der Waals surface area contributed by atoms with Gasteiger partial charge in [0.15, 0.2) is 0 Å². The smallest absolute Gasteiger partial charge is 0.0265 e. The second-order valence-electron chi connectivity index (χ2n) is 5.15. The molecule has 0 N–H and O–H groups in total. The third-order valence-electron chi connectivity index (χ3n) is 3.68. The maximum Gasteiger partial charge on any atom is 0.0265 e. The second kappa shape index (κ2) is 8.19. The van der Waals surface area contributed by atoms with Crippen LogP contribution in [0.15, 0.2) is 73.6 Å². The van der Waals surface area contributed by atoms with Crippen LogP contribution in [0.5, 0.6) is 0 Å². The number of hydrogen-bond donors (Lipinski definition) is 0. The molecule has 25 heavy (non-hydrogen) atoms. The molecule has 4 rings (SSSR count). The molecule has 0 aliphatic carbocycles. The van der Waals surface area contributed by atoms with Crippen molar-refractivity contribution in [3.8, 4) is 33.5 Å². The van der Waals surface area contributed by atoms with Gasteiger partial charge in [-0.25, -0.2) is 0 Å². The van der Waals surface area contributed by atoms with Gasteiger partial charge in [0.25, 0.3) is 0 Å². The zero-order valence-electron chi connectivity index (χ0n) is 13.3. The average Bonchev–Trinajstić information content (AvgIpc) is 2.69. The quantitative estimate of drug-likeness (QED) is 0.493. The number of hydrogen-bond acceptors (Lipinski definition) is 4. The third-order valence-corrected chi connectivity index (χ3v) is 3.68. The van der Waals surface area contributed by atoms with E-state index in [1.54, 1.807) is 37.2 Å². The van der Waals surface area contributed by atoms with Crippen molar-refractivity contribution in [2.45, 2.75) is 0 Å². The van der Waals surface area contributed by atoms with Gasteiger partial charge in [-0.3, -0.25) is 9.97 Å². The van der Waals surface area contributed by atoms with Gasteiger partial charge >= 0.3 is 0 Å². The van der Waals surface area contributed by atoms with Crippen molar-refractivity contribution in [1.82, 2.24) is 19.9 Å². The minimum absolute atomic E-state index is 0. The normalized spacial score (nSPS) is 10.1. The fraction of sp³-hybridized carbons (Fsp3) is 0. The molecule has 0 saturated heterocycles. The molecule has 4 nitrogen and oxygen atoms in total. The molecule has 0 fully saturated rings. The van der Waals surface area contributed by atoms with Gasteiger partial charge in [0.05, 0.1) is 0 Å². The summed E-state index contributed by atoms with van der Waals surface area (Å²) in [6.07, 6.45) is 13.6. The molecule has 0 aliphatic heterocycles. The van der Waals surface area contributed by atoms with Gasteiger partial charge in [-0.05, 0) is 18.3 Å². The van der Waals surface area contributed by atoms with E-state index in [1.807, 2.05) is 36.4 Å². The van der Waals surface area contributed by atoms with Crippen LogP contribution in [0.4, 0.5) is 0 Å². The van der Waals surface area contributed by atoms with Crippen LogP contribution in [0.25, 0.3) is 33.5 Å². The van der Waals surface area contributed by atoms with E-state index in [1.165, 1.54) is 0 Å². The number of aromatic nitrogens is 4. The molecule has 4 heterocycles. The van der Waals surface area contributed by atoms with E-state index in [4.69, 9.17) is 0 Å². The largest absolute Gasteiger partial charge is 0.370 e. The molecule has 117 valence electrons. The first-order valence-electron chi connectivity index (χ1n) is 7.48. The molecular weight excluding hydrogens is 385 g/mol. The molecule has 4 aromatic rings. The minimum atomic E-state index is 0. The summed E-state index contributed by atoms with van der Waals surface area (Å²) in [4.78, 5) is 16.7. The maximum absolute atomic E-state index is 4.46. The fourth-order valence-electron chi connectivity index (χ4n) is 2.52. The minimum Gasteiger partial charge on any atom is -0.370 e. The SMILES string of the molecule is [Y].[c-]1c(-c2ccncc2)ccnc1-c1[c-]nccc1-c1ccncc1. The Morgan fingerprint density at radius 2 is 1.36 bits per heavy atom. The van der Waals surface area contributed by atoms with Gasteiger partial charge < -0.3 is 9.97 Å². The van der Waals surface area contributed by atoms with Gasteiger partial charge in [0.1, 0.15) is 0 Å². The van der Waals surface area contributed by atoms with Crippen molar-refractivity contribution in [3.63, 3.8) is 0 Å². The van der Waals surface area contributed by atoms with E-state index >= 15 is 0 Å². The van der Waals surface area contributed by atoms with Crippen LogP contribution in [0.3, 0.4) is 0 Å². The predicted molar refractivity (Wildman–Crippen MR) is 91.6 cm³/mol. The molecule has 0 aromatic carbocycles. The van der Waals surface area contributed by atoms with Crippen molar-refractivity contribution >= 4 is 0 Å². The van der Waals surface area contributed by atoms with Crippen molar-refractivity contribution < 1.29 is 32.7 Å². The van der Waals surface area contributed by atoms with Crippen LogP contribution in [-0.2, 0) is 32.7 Å². The zero-order valence-corrected chi connectivity index (χ0v) is 16.1. The summed E-state index contributed by atoms with van der Waals surface area (Å²) in [7, 11) is 0. The molecule has 5 heteroatoms. The molecule has 0 aliphatic rings. The van der Waals surface area contributed by atoms with Crippen molar-refractivity contribution in [2.75, 3.05) is 0 Å². The molecular formula is C20H12N4Y-2. The summed E-state index contributed by atoms with van der Waals surface area (Å²) in [5, 5.41) is 0. The van der Waals surface area contributed by atoms with Crippen molar-refractivity contribution in [3.05, 3.63) is 85.8 Å². The molecule has 0 amide bonds. The van der Waals surface area contributed by atoms with Gasteiger partial charge in [0.2, 0.25) is 0 Å². The summed E-state index contributed by atoms with van der Waals surface area (Å²) in [6.45, 7) is 0. The summed E-state index contributed by atoms with van der Waals surface area (Å²) < 4.78 is 0. The molecule has 0 unspecified atom stereocenters. The molecule has 4 aromatic heterocycles. The Kier molecular flexibility index (Phi) is 5.74. The topological polar surface area (TPSA) is 51.6 Å². The van der Waals surface area contributed by atoms with E-state index in [9.17, 15) is 0 Å². The molecule has 0 atom stereocenters. The van der Waals surface area contributed by atoms with Crippen LogP contribution in [0.1, 0.15) is 0 Å². The predicted octanol–water partition coefficient (Wildman–Crippen LogP) is 3.87. The molecule has 0 spiro atoms. The Morgan fingerprint density at radius 3 is 2.08 bits per heavy atom. The number of rotatable bonds is 3. The Labute approximate surface area is 171 Å². The summed E-state index contributed by atoms with van der Waals surface area (Å²) >= 11 is 0. The first kappa shape index (κ1) is 17.5. The Balaban J connectivity index is 0.00000182. The maximum atomic E-state index is 4.46. The van der Waals surface area contributed by atoms with Crippen LogP contribution in [0.2, 0.25) is 0 Å². The molecule has 0 bridgehead atoms. The Bertz CT molecular complexity index is 959. The van der Waals surface area contributed by atoms with Crippen molar-refractivity contribution in [1.29, 1.82) is 0 Å². The second-order valence-corrected chi connectivity index (χ2v) is 5.15. The van der Waals surface area contributed by atoms with Crippen LogP contribution in [0, 0.1) is 12.3 Å². The Morgan fingerprint density at radius 1 is 0.680 bits per heavy atom. The summed E-state index contributed by atoms with van der Waals surface area (Å²) in [5.74, 6) is 0. The van der Waals surface area contributed by atoms with E-state index in [2.05, 4.69) is 32.2 Å². The standard InChI is InChI=1S/C20H12N4.Y/c1-7-21-8-2-15(1)17-5-12-24-20(13-17)19-14-23-11-6-18(19)16-3-9-22-10-4-16;/h1-12H;/q-2;. The zero-order chi connectivity index (χ0) is 16.2. The average molecular weight is 397 g/mol. The van der Waals surface area contributed by atoms with Crippen molar-refractivity contribution in [2.24, 2.45) is 0 Å². The van der Waals surface area contributed by atoms with Crippen LogP contribution in [-0.4, -0.2) is 19.9 Å². The molecule has 1 radical (unpaired) electrons. The first-order valence-corrected chi connectivity index (χ1v) is 7.48. The van der Waals surface area contributed by atoms with Crippen LogP contribution < -0.4 is 0 Å². The van der Waals surface area contributed by atoms with Crippen LogP contribution >= 0.6 is 0 Å². The third kappa shape index (κ3) is 3.86. The van der Waals surface area contributed by atoms with E-state index in [-0.39, 0.29) is 32.7 Å². The van der Waals surface area contributed by atoms with Gasteiger partial charge in [-0.15, -0.1) is 23.3 Å². The van der Waals surface area contributed by atoms with Gasteiger partial charge in [-0.1, -0.05) is 41.3 Å². The molecule has 0 saturated carbocycles. The van der Waals surface area contributed by atoms with E-state index in [0.717, 1.165) is 27.8 Å². The van der Waals surface area contributed by atoms with Gasteiger partial charge in [-0.2, -0.15) is 11.6 Å². The number of nitrogens with zero attached hydrogens (tertiary/aromatic N) is 4. The van der Waals surface area contributed by atoms with E-state index < -0.39 is 0 Å². The monoisotopic (exact) mass is 397 g/mol. The fourth-order valence-corrected chi connectivity index (χ4v) is 2.52. The summed E-state index contributed by atoms with van der Waals surface area (Å²) in [6, 6.07) is 15.1.